The van der Waals surface area contributed by atoms with Crippen molar-refractivity contribution in [1.82, 2.24) is 9.78 Å². The van der Waals surface area contributed by atoms with E-state index in [1.807, 2.05) is 0 Å². The molecule has 7 heteroatoms. The Morgan fingerprint density at radius 1 is 1.41 bits per heavy atom. The highest BCUT2D eigenvalue weighted by atomic mass is 28.4. The maximum Gasteiger partial charge on any atom is 0.359 e. The van der Waals surface area contributed by atoms with Gasteiger partial charge in [0.25, 0.3) is 0 Å². The number of hydrogen-bond donors (Lipinski definition) is 0. The Morgan fingerprint density at radius 2 is 2.05 bits per heavy atom. The molecule has 0 atom stereocenters. The molecule has 0 radical (unpaired) electrons. The fourth-order valence-electron chi connectivity index (χ4n) is 1.69. The van der Waals surface area contributed by atoms with Gasteiger partial charge in [-0.1, -0.05) is 20.8 Å². The molecule has 0 spiro atoms. The average Bonchev–Trinajstić information content (AvgIpc) is 2.75. The van der Waals surface area contributed by atoms with Gasteiger partial charge in [-0.2, -0.15) is 5.10 Å². The topological polar surface area (TPSA) is 53.3 Å². The molecule has 0 aliphatic carbocycles. The van der Waals surface area contributed by atoms with E-state index in [0.29, 0.717) is 19.6 Å². The van der Waals surface area contributed by atoms with Crippen molar-refractivity contribution in [3.05, 3.63) is 17.7 Å². The Kier molecular flexibility index (Phi) is 6.31. The number of hydrogen-bond acceptors (Lipinski definition) is 4. The molecule has 1 aromatic heterocycles. The highest BCUT2D eigenvalue weighted by Gasteiger charge is 2.36. The smallest absolute Gasteiger partial charge is 0.359 e. The van der Waals surface area contributed by atoms with Crippen LogP contribution in [-0.2, 0) is 15.7 Å². The van der Waals surface area contributed by atoms with Crippen LogP contribution in [0.5, 0.6) is 0 Å². The first kappa shape index (κ1) is 18.8. The number of aromatic nitrogens is 2. The molecule has 22 heavy (non-hydrogen) atoms. The molecular weight excluding hydrogens is 303 g/mol. The second-order valence-electron chi connectivity index (χ2n) is 6.75. The SMILES string of the molecule is CCOC(=O)c1c(F)cnn1CCCO[Si](C)(C)C(C)(C)C. The molecule has 1 rings (SSSR count). The van der Waals surface area contributed by atoms with E-state index in [9.17, 15) is 9.18 Å². The van der Waals surface area contributed by atoms with Crippen LogP contribution in [0.25, 0.3) is 0 Å². The number of halogens is 1. The number of rotatable bonds is 7. The number of aryl methyl sites for hydroxylation is 1. The van der Waals surface area contributed by atoms with Crippen molar-refractivity contribution in [3.8, 4) is 0 Å². The number of carbonyl (C=O) groups excluding carboxylic acids is 1. The summed E-state index contributed by atoms with van der Waals surface area (Å²) in [6.45, 7) is 13.8. The standard InChI is InChI=1S/C15H27FN2O3Si/c1-7-20-14(19)13-12(16)11-17-18(13)9-8-10-21-22(5,6)15(2,3)4/h11H,7-10H2,1-6H3. The minimum absolute atomic E-state index is 0.117. The fourth-order valence-corrected chi connectivity index (χ4v) is 2.78. The van der Waals surface area contributed by atoms with Crippen LogP contribution in [0.2, 0.25) is 18.1 Å². The monoisotopic (exact) mass is 330 g/mol. The Balaban J connectivity index is 2.58. The van der Waals surface area contributed by atoms with Crippen LogP contribution in [0.3, 0.4) is 0 Å². The van der Waals surface area contributed by atoms with Gasteiger partial charge in [0.1, 0.15) is 0 Å². The second-order valence-corrected chi connectivity index (χ2v) is 11.6. The normalized spacial score (nSPS) is 12.5. The van der Waals surface area contributed by atoms with Gasteiger partial charge in [-0.05, 0) is 31.5 Å². The summed E-state index contributed by atoms with van der Waals surface area (Å²) in [6, 6.07) is 0. The van der Waals surface area contributed by atoms with Crippen molar-refractivity contribution >= 4 is 14.3 Å². The molecule has 0 aromatic carbocycles. The van der Waals surface area contributed by atoms with E-state index in [1.54, 1.807) is 6.92 Å². The van der Waals surface area contributed by atoms with Crippen molar-refractivity contribution in [3.63, 3.8) is 0 Å². The van der Waals surface area contributed by atoms with E-state index in [4.69, 9.17) is 9.16 Å². The number of nitrogens with zero attached hydrogens (tertiary/aromatic N) is 2. The van der Waals surface area contributed by atoms with E-state index in [-0.39, 0.29) is 17.3 Å². The van der Waals surface area contributed by atoms with Crippen LogP contribution in [0.15, 0.2) is 6.20 Å². The van der Waals surface area contributed by atoms with Gasteiger partial charge in [0.15, 0.2) is 19.8 Å². The van der Waals surface area contributed by atoms with Crippen LogP contribution < -0.4 is 0 Å². The predicted molar refractivity (Wildman–Crippen MR) is 85.9 cm³/mol. The Morgan fingerprint density at radius 3 is 2.59 bits per heavy atom. The summed E-state index contributed by atoms with van der Waals surface area (Å²) in [5.74, 6) is -1.33. The van der Waals surface area contributed by atoms with Gasteiger partial charge in [-0.15, -0.1) is 0 Å². The summed E-state index contributed by atoms with van der Waals surface area (Å²) in [5, 5.41) is 4.05. The average molecular weight is 330 g/mol. The highest BCUT2D eigenvalue weighted by molar-refractivity contribution is 6.74. The van der Waals surface area contributed by atoms with Crippen LogP contribution in [0.1, 0.15) is 44.6 Å². The summed E-state index contributed by atoms with van der Waals surface area (Å²) in [5.41, 5.74) is -0.117. The van der Waals surface area contributed by atoms with Crippen molar-refractivity contribution in [2.75, 3.05) is 13.2 Å². The minimum atomic E-state index is -1.78. The maximum absolute atomic E-state index is 13.6. The molecule has 0 N–H and O–H groups in total. The van der Waals surface area contributed by atoms with Gasteiger partial charge in [0.2, 0.25) is 0 Å². The lowest BCUT2D eigenvalue weighted by atomic mass is 10.2. The number of carbonyl (C=O) groups is 1. The van der Waals surface area contributed by atoms with Crippen LogP contribution in [0.4, 0.5) is 4.39 Å². The Bertz CT molecular complexity index is 509. The molecule has 0 amide bonds. The van der Waals surface area contributed by atoms with Crippen LogP contribution in [0, 0.1) is 5.82 Å². The first-order valence-corrected chi connectivity index (χ1v) is 10.5. The van der Waals surface area contributed by atoms with E-state index >= 15 is 0 Å². The largest absolute Gasteiger partial charge is 0.461 e. The molecule has 0 fully saturated rings. The third-order valence-corrected chi connectivity index (χ3v) is 8.59. The first-order chi connectivity index (χ1) is 10.1. The highest BCUT2D eigenvalue weighted by Crippen LogP contribution is 2.36. The van der Waals surface area contributed by atoms with Crippen molar-refractivity contribution < 1.29 is 18.3 Å². The minimum Gasteiger partial charge on any atom is -0.461 e. The molecule has 5 nitrogen and oxygen atoms in total. The second kappa shape index (κ2) is 7.37. The predicted octanol–water partition coefficient (Wildman–Crippen LogP) is 3.61. The van der Waals surface area contributed by atoms with E-state index < -0.39 is 20.1 Å². The van der Waals surface area contributed by atoms with Crippen molar-refractivity contribution in [2.24, 2.45) is 0 Å². The van der Waals surface area contributed by atoms with Gasteiger partial charge < -0.3 is 9.16 Å². The molecular formula is C15H27FN2O3Si. The van der Waals surface area contributed by atoms with E-state index in [1.165, 1.54) is 4.68 Å². The van der Waals surface area contributed by atoms with E-state index in [0.717, 1.165) is 6.20 Å². The van der Waals surface area contributed by atoms with E-state index in [2.05, 4.69) is 39.0 Å². The molecule has 126 valence electrons. The molecule has 0 aliphatic rings. The molecule has 0 saturated carbocycles. The molecule has 0 unspecified atom stereocenters. The lowest BCUT2D eigenvalue weighted by molar-refractivity contribution is 0.0505. The van der Waals surface area contributed by atoms with Gasteiger partial charge in [-0.25, -0.2) is 9.18 Å². The quantitative estimate of drug-likeness (QED) is 0.435. The lowest BCUT2D eigenvalue weighted by Crippen LogP contribution is -2.41. The molecule has 0 saturated heterocycles. The van der Waals surface area contributed by atoms with Gasteiger partial charge in [-0.3, -0.25) is 4.68 Å². The van der Waals surface area contributed by atoms with Gasteiger partial charge in [0.05, 0.1) is 12.8 Å². The van der Waals surface area contributed by atoms with Gasteiger partial charge >= 0.3 is 5.97 Å². The zero-order valence-corrected chi connectivity index (χ0v) is 15.4. The number of esters is 1. The molecule has 1 heterocycles. The summed E-state index contributed by atoms with van der Waals surface area (Å²) in [6.07, 6.45) is 1.71. The summed E-state index contributed by atoms with van der Waals surface area (Å²) < 4.78 is 25.9. The molecule has 0 aliphatic heterocycles. The van der Waals surface area contributed by atoms with Crippen LogP contribution >= 0.6 is 0 Å². The zero-order chi connectivity index (χ0) is 17.0. The molecule has 1 aromatic rings. The number of ether oxygens (including phenoxy) is 1. The third kappa shape index (κ3) is 4.64. The Hall–Kier alpha value is -1.21. The lowest BCUT2D eigenvalue weighted by Gasteiger charge is -2.36. The van der Waals surface area contributed by atoms with Crippen molar-refractivity contribution in [1.29, 1.82) is 0 Å². The third-order valence-electron chi connectivity index (χ3n) is 4.05. The summed E-state index contributed by atoms with van der Waals surface area (Å²) in [7, 11) is -1.78. The summed E-state index contributed by atoms with van der Waals surface area (Å²) >= 11 is 0. The van der Waals surface area contributed by atoms with Gasteiger partial charge in [0, 0.05) is 13.2 Å². The van der Waals surface area contributed by atoms with Crippen molar-refractivity contribution in [2.45, 2.75) is 58.8 Å². The first-order valence-electron chi connectivity index (χ1n) is 7.62. The summed E-state index contributed by atoms with van der Waals surface area (Å²) in [4.78, 5) is 11.7. The Labute approximate surface area is 132 Å². The molecule has 0 bridgehead atoms. The fraction of sp³-hybridized carbons (Fsp3) is 0.733. The zero-order valence-electron chi connectivity index (χ0n) is 14.4. The van der Waals surface area contributed by atoms with Crippen LogP contribution in [-0.4, -0.2) is 37.3 Å². The maximum atomic E-state index is 13.6.